The summed E-state index contributed by atoms with van der Waals surface area (Å²) in [4.78, 5) is 15.9. The largest absolute Gasteiger partial charge is 0.494 e. The van der Waals surface area contributed by atoms with Crippen LogP contribution < -0.4 is 10.1 Å². The van der Waals surface area contributed by atoms with E-state index in [9.17, 15) is 18.0 Å². The summed E-state index contributed by atoms with van der Waals surface area (Å²) in [5.74, 6) is 0.128. The molecule has 0 aliphatic heterocycles. The highest BCUT2D eigenvalue weighted by molar-refractivity contribution is 7.22. The molecule has 1 aromatic heterocycles. The third kappa shape index (κ3) is 4.57. The molecule has 2 rings (SSSR count). The lowest BCUT2D eigenvalue weighted by Gasteiger charge is -2.07. The summed E-state index contributed by atoms with van der Waals surface area (Å²) in [5.41, 5.74) is 0.624. The quantitative estimate of drug-likeness (QED) is 0.824. The van der Waals surface area contributed by atoms with E-state index >= 15 is 0 Å². The maximum Gasteiger partial charge on any atom is 0.411 e. The highest BCUT2D eigenvalue weighted by Crippen LogP contribution is 2.32. The number of hydrogen-bond acceptors (Lipinski definition) is 5. The molecule has 0 fully saturated rings. The summed E-state index contributed by atoms with van der Waals surface area (Å²) in [6.07, 6.45) is -4.57. The number of alkyl halides is 3. The first-order chi connectivity index (χ1) is 10.4. The van der Waals surface area contributed by atoms with Crippen LogP contribution in [0.4, 0.5) is 18.3 Å². The monoisotopic (exact) mass is 334 g/mol. The van der Waals surface area contributed by atoms with Crippen LogP contribution in [0.25, 0.3) is 10.2 Å². The number of carbonyl (C=O) groups is 1. The van der Waals surface area contributed by atoms with Gasteiger partial charge in [-0.2, -0.15) is 13.2 Å². The molecule has 0 unspecified atom stereocenters. The molecule has 120 valence electrons. The lowest BCUT2D eigenvalue weighted by molar-refractivity contribution is -0.174. The summed E-state index contributed by atoms with van der Waals surface area (Å²) >= 11 is 1.25. The number of amides is 1. The molecule has 0 spiro atoms. The fourth-order valence-electron chi connectivity index (χ4n) is 1.68. The van der Waals surface area contributed by atoms with Crippen LogP contribution in [0.3, 0.4) is 0 Å². The van der Waals surface area contributed by atoms with Gasteiger partial charge in [0, 0.05) is 0 Å². The van der Waals surface area contributed by atoms with Crippen LogP contribution in [0.15, 0.2) is 18.2 Å². The van der Waals surface area contributed by atoms with Crippen molar-refractivity contribution in [2.45, 2.75) is 12.6 Å². The molecular weight excluding hydrogens is 321 g/mol. The van der Waals surface area contributed by atoms with Crippen molar-refractivity contribution in [3.8, 4) is 5.75 Å². The lowest BCUT2D eigenvalue weighted by atomic mass is 10.3. The van der Waals surface area contributed by atoms with Gasteiger partial charge in [-0.25, -0.2) is 4.98 Å². The van der Waals surface area contributed by atoms with Gasteiger partial charge in [0.1, 0.15) is 17.9 Å². The highest BCUT2D eigenvalue weighted by atomic mass is 32.1. The Kier molecular flexibility index (Phi) is 5.19. The minimum Gasteiger partial charge on any atom is -0.494 e. The van der Waals surface area contributed by atoms with Crippen LogP contribution in [0.5, 0.6) is 5.75 Å². The zero-order chi connectivity index (χ0) is 16.2. The van der Waals surface area contributed by atoms with Crippen molar-refractivity contribution in [1.29, 1.82) is 0 Å². The number of methoxy groups -OCH3 is 1. The van der Waals surface area contributed by atoms with Crippen molar-refractivity contribution in [2.24, 2.45) is 0 Å². The van der Waals surface area contributed by atoms with Crippen molar-refractivity contribution in [3.63, 3.8) is 0 Å². The van der Waals surface area contributed by atoms with Crippen molar-refractivity contribution in [1.82, 2.24) is 4.98 Å². The fourth-order valence-corrected chi connectivity index (χ4v) is 2.58. The number of nitrogens with zero attached hydrogens (tertiary/aromatic N) is 1. The number of para-hydroxylation sites is 1. The molecule has 0 atom stereocenters. The molecule has 0 aliphatic rings. The number of carbonyl (C=O) groups excluding carboxylic acids is 1. The first-order valence-electron chi connectivity index (χ1n) is 6.27. The van der Waals surface area contributed by atoms with Crippen LogP contribution >= 0.6 is 11.3 Å². The summed E-state index contributed by atoms with van der Waals surface area (Å²) in [5, 5.41) is 2.89. The SMILES string of the molecule is COc1cccc2sc(NC(=O)CCOCC(F)(F)F)nc12. The van der Waals surface area contributed by atoms with Gasteiger partial charge in [0.2, 0.25) is 5.91 Å². The molecule has 22 heavy (non-hydrogen) atoms. The smallest absolute Gasteiger partial charge is 0.411 e. The Morgan fingerprint density at radius 2 is 2.18 bits per heavy atom. The van der Waals surface area contributed by atoms with Crippen molar-refractivity contribution < 1.29 is 27.4 Å². The summed E-state index contributed by atoms with van der Waals surface area (Å²) in [6, 6.07) is 5.38. The Morgan fingerprint density at radius 3 is 2.86 bits per heavy atom. The first kappa shape index (κ1) is 16.5. The molecule has 0 saturated heterocycles. The number of halogens is 3. The van der Waals surface area contributed by atoms with Gasteiger partial charge in [0.15, 0.2) is 5.13 Å². The predicted octanol–water partition coefficient (Wildman–Crippen LogP) is 3.21. The van der Waals surface area contributed by atoms with Crippen molar-refractivity contribution in [3.05, 3.63) is 18.2 Å². The highest BCUT2D eigenvalue weighted by Gasteiger charge is 2.27. The Bertz CT molecular complexity index is 658. The maximum atomic E-state index is 11.9. The minimum absolute atomic E-state index is 0.177. The Labute approximate surface area is 128 Å². The van der Waals surface area contributed by atoms with Crippen LogP contribution in [-0.2, 0) is 9.53 Å². The van der Waals surface area contributed by atoms with E-state index in [1.807, 2.05) is 6.07 Å². The fraction of sp³-hybridized carbons (Fsp3) is 0.385. The molecule has 0 radical (unpaired) electrons. The predicted molar refractivity (Wildman–Crippen MR) is 76.3 cm³/mol. The van der Waals surface area contributed by atoms with Gasteiger partial charge >= 0.3 is 6.18 Å². The van der Waals surface area contributed by atoms with Gasteiger partial charge in [0.05, 0.1) is 24.8 Å². The molecule has 0 saturated carbocycles. The van der Waals surface area contributed by atoms with Crippen LogP contribution in [0, 0.1) is 0 Å². The normalized spacial score (nSPS) is 11.6. The number of aromatic nitrogens is 1. The van der Waals surface area contributed by atoms with Gasteiger partial charge in [-0.05, 0) is 12.1 Å². The Hall–Kier alpha value is -1.87. The van der Waals surface area contributed by atoms with E-state index in [0.29, 0.717) is 16.4 Å². The number of thiazole rings is 1. The maximum absolute atomic E-state index is 11.9. The first-order valence-corrected chi connectivity index (χ1v) is 7.08. The molecule has 1 amide bonds. The average molecular weight is 334 g/mol. The van der Waals surface area contributed by atoms with E-state index < -0.39 is 18.7 Å². The molecule has 0 aliphatic carbocycles. The summed E-state index contributed by atoms with van der Waals surface area (Å²) in [7, 11) is 1.52. The van der Waals surface area contributed by atoms with E-state index in [1.54, 1.807) is 12.1 Å². The van der Waals surface area contributed by atoms with E-state index in [1.165, 1.54) is 18.4 Å². The second-order valence-corrected chi connectivity index (χ2v) is 5.32. The molecule has 0 bridgehead atoms. The second kappa shape index (κ2) is 6.93. The number of nitrogens with one attached hydrogen (secondary N) is 1. The van der Waals surface area contributed by atoms with E-state index in [-0.39, 0.29) is 13.0 Å². The topological polar surface area (TPSA) is 60.5 Å². The third-order valence-corrected chi connectivity index (χ3v) is 3.52. The van der Waals surface area contributed by atoms with Gasteiger partial charge in [-0.3, -0.25) is 4.79 Å². The molecule has 1 heterocycles. The standard InChI is InChI=1S/C13H13F3N2O3S/c1-20-8-3-2-4-9-11(8)18-12(22-9)17-10(19)5-6-21-7-13(14,15)16/h2-4H,5-7H2,1H3,(H,17,18,19). The van der Waals surface area contributed by atoms with Crippen molar-refractivity contribution in [2.75, 3.05) is 25.6 Å². The molecule has 1 aromatic carbocycles. The third-order valence-electron chi connectivity index (χ3n) is 2.59. The zero-order valence-corrected chi connectivity index (χ0v) is 12.4. The zero-order valence-electron chi connectivity index (χ0n) is 11.6. The van der Waals surface area contributed by atoms with E-state index in [4.69, 9.17) is 4.74 Å². The van der Waals surface area contributed by atoms with Crippen LogP contribution in [0.2, 0.25) is 0 Å². The Balaban J connectivity index is 1.89. The van der Waals surface area contributed by atoms with Crippen LogP contribution in [-0.4, -0.2) is 37.4 Å². The van der Waals surface area contributed by atoms with Gasteiger partial charge < -0.3 is 14.8 Å². The van der Waals surface area contributed by atoms with Gasteiger partial charge in [-0.1, -0.05) is 17.4 Å². The van der Waals surface area contributed by atoms with Gasteiger partial charge in [-0.15, -0.1) is 0 Å². The van der Waals surface area contributed by atoms with Crippen molar-refractivity contribution >= 4 is 32.6 Å². The van der Waals surface area contributed by atoms with E-state index in [2.05, 4.69) is 15.0 Å². The average Bonchev–Trinajstić information content (AvgIpc) is 2.84. The second-order valence-electron chi connectivity index (χ2n) is 4.29. The van der Waals surface area contributed by atoms with Crippen LogP contribution in [0.1, 0.15) is 6.42 Å². The number of fused-ring (bicyclic) bond motifs is 1. The summed E-state index contributed by atoms with van der Waals surface area (Å²) < 4.78 is 46.0. The molecule has 5 nitrogen and oxygen atoms in total. The molecule has 2 aromatic rings. The number of anilines is 1. The van der Waals surface area contributed by atoms with E-state index in [0.717, 1.165) is 4.70 Å². The number of hydrogen-bond donors (Lipinski definition) is 1. The van der Waals surface area contributed by atoms with Gasteiger partial charge in [0.25, 0.3) is 0 Å². The molecular formula is C13H13F3N2O3S. The number of ether oxygens (including phenoxy) is 2. The molecule has 9 heteroatoms. The number of benzene rings is 1. The molecule has 1 N–H and O–H groups in total. The lowest BCUT2D eigenvalue weighted by Crippen LogP contribution is -2.20. The number of rotatable bonds is 6. The summed E-state index contributed by atoms with van der Waals surface area (Å²) in [6.45, 7) is -1.67. The minimum atomic E-state index is -4.39. The Morgan fingerprint density at radius 1 is 1.41 bits per heavy atom.